The highest BCUT2D eigenvalue weighted by atomic mass is 79.9. The summed E-state index contributed by atoms with van der Waals surface area (Å²) in [7, 11) is 3.40. The van der Waals surface area contributed by atoms with Crippen LogP contribution < -0.4 is 10.1 Å². The number of methoxy groups -OCH3 is 1. The van der Waals surface area contributed by atoms with Gasteiger partial charge in [0.15, 0.2) is 0 Å². The Balaban J connectivity index is 2.57. The van der Waals surface area contributed by atoms with Crippen LogP contribution in [0.2, 0.25) is 15.1 Å². The molecule has 0 spiro atoms. The Morgan fingerprint density at radius 2 is 1.81 bits per heavy atom. The van der Waals surface area contributed by atoms with Gasteiger partial charge in [-0.25, -0.2) is 0 Å². The van der Waals surface area contributed by atoms with Crippen LogP contribution in [-0.4, -0.2) is 14.2 Å². The van der Waals surface area contributed by atoms with Crippen LogP contribution in [0, 0.1) is 0 Å². The molecule has 2 aromatic carbocycles. The summed E-state index contributed by atoms with van der Waals surface area (Å²) in [4.78, 5) is 0. The van der Waals surface area contributed by atoms with E-state index in [2.05, 4.69) is 21.2 Å². The maximum atomic E-state index is 6.38. The maximum absolute atomic E-state index is 6.38. The van der Waals surface area contributed by atoms with Crippen LogP contribution in [0.1, 0.15) is 17.2 Å². The second-order valence-electron chi connectivity index (χ2n) is 4.37. The number of benzene rings is 2. The first-order valence-corrected chi connectivity index (χ1v) is 8.06. The van der Waals surface area contributed by atoms with Gasteiger partial charge in [0, 0.05) is 15.6 Å². The van der Waals surface area contributed by atoms with Gasteiger partial charge in [-0.2, -0.15) is 0 Å². The Hall–Kier alpha value is -0.450. The Morgan fingerprint density at radius 1 is 1.10 bits per heavy atom. The van der Waals surface area contributed by atoms with E-state index >= 15 is 0 Å². The van der Waals surface area contributed by atoms with Crippen LogP contribution in [-0.2, 0) is 0 Å². The molecule has 0 aromatic heterocycles. The zero-order chi connectivity index (χ0) is 15.6. The summed E-state index contributed by atoms with van der Waals surface area (Å²) in [6, 6.07) is 9.08. The van der Waals surface area contributed by atoms with Gasteiger partial charge in [-0.3, -0.25) is 0 Å². The fourth-order valence-corrected chi connectivity index (χ4v) is 3.27. The van der Waals surface area contributed by atoms with E-state index in [-0.39, 0.29) is 6.04 Å². The van der Waals surface area contributed by atoms with Crippen molar-refractivity contribution in [3.8, 4) is 5.75 Å². The summed E-state index contributed by atoms with van der Waals surface area (Å²) in [6.45, 7) is 0. The van der Waals surface area contributed by atoms with E-state index in [0.29, 0.717) is 20.8 Å². The smallest absolute Gasteiger partial charge is 0.138 e. The monoisotopic (exact) mass is 407 g/mol. The van der Waals surface area contributed by atoms with Crippen molar-refractivity contribution in [2.75, 3.05) is 14.2 Å². The summed E-state index contributed by atoms with van der Waals surface area (Å²) in [5, 5.41) is 4.92. The first-order valence-electron chi connectivity index (χ1n) is 6.13. The standard InChI is InChI=1S/C15H13BrCl3NO/c1-20-15(8-4-3-5-10(16)14(8)19)9-6-12(18)13(21-2)7-11(9)17/h3-7,15,20H,1-2H3. The van der Waals surface area contributed by atoms with Crippen molar-refractivity contribution in [3.05, 3.63) is 61.0 Å². The van der Waals surface area contributed by atoms with Gasteiger partial charge in [-0.1, -0.05) is 46.9 Å². The zero-order valence-corrected chi connectivity index (χ0v) is 15.2. The molecule has 21 heavy (non-hydrogen) atoms. The van der Waals surface area contributed by atoms with E-state index in [1.807, 2.05) is 25.2 Å². The van der Waals surface area contributed by atoms with Crippen molar-refractivity contribution in [3.63, 3.8) is 0 Å². The summed E-state index contributed by atoms with van der Waals surface area (Å²) in [5.41, 5.74) is 1.75. The molecule has 0 fully saturated rings. The van der Waals surface area contributed by atoms with Gasteiger partial charge in [0.1, 0.15) is 5.75 Å². The number of hydrogen-bond donors (Lipinski definition) is 1. The van der Waals surface area contributed by atoms with Crippen LogP contribution in [0.15, 0.2) is 34.8 Å². The summed E-state index contributed by atoms with van der Waals surface area (Å²) in [6.07, 6.45) is 0. The van der Waals surface area contributed by atoms with Crippen molar-refractivity contribution in [2.45, 2.75) is 6.04 Å². The van der Waals surface area contributed by atoms with Crippen molar-refractivity contribution in [2.24, 2.45) is 0 Å². The first-order chi connectivity index (χ1) is 9.99. The molecular weight excluding hydrogens is 396 g/mol. The molecule has 1 unspecified atom stereocenters. The molecule has 112 valence electrons. The SMILES string of the molecule is CNC(c1cc(Cl)c(OC)cc1Cl)c1cccc(Br)c1Cl. The van der Waals surface area contributed by atoms with Crippen molar-refractivity contribution in [1.82, 2.24) is 5.32 Å². The van der Waals surface area contributed by atoms with Gasteiger partial charge < -0.3 is 10.1 Å². The number of halogens is 4. The molecule has 0 aliphatic rings. The lowest BCUT2D eigenvalue weighted by Gasteiger charge is -2.21. The molecule has 2 nitrogen and oxygen atoms in total. The molecule has 0 aliphatic heterocycles. The molecule has 0 amide bonds. The van der Waals surface area contributed by atoms with Crippen molar-refractivity contribution in [1.29, 1.82) is 0 Å². The fraction of sp³-hybridized carbons (Fsp3) is 0.200. The Bertz CT molecular complexity index is 664. The van der Waals surface area contributed by atoms with Gasteiger partial charge in [0.2, 0.25) is 0 Å². The van der Waals surface area contributed by atoms with Crippen LogP contribution in [0.5, 0.6) is 5.75 Å². The van der Waals surface area contributed by atoms with E-state index in [0.717, 1.165) is 15.6 Å². The van der Waals surface area contributed by atoms with Gasteiger partial charge in [0.05, 0.1) is 23.2 Å². The van der Waals surface area contributed by atoms with Gasteiger partial charge in [-0.15, -0.1) is 0 Å². The third kappa shape index (κ3) is 3.49. The van der Waals surface area contributed by atoms with Gasteiger partial charge in [-0.05, 0) is 46.2 Å². The minimum Gasteiger partial charge on any atom is -0.495 e. The largest absolute Gasteiger partial charge is 0.495 e. The molecule has 0 bridgehead atoms. The number of ether oxygens (including phenoxy) is 1. The van der Waals surface area contributed by atoms with E-state index in [9.17, 15) is 0 Å². The Morgan fingerprint density at radius 3 is 2.43 bits per heavy atom. The first kappa shape index (κ1) is 16.9. The molecule has 0 saturated heterocycles. The lowest BCUT2D eigenvalue weighted by molar-refractivity contribution is 0.415. The van der Waals surface area contributed by atoms with Crippen LogP contribution in [0.25, 0.3) is 0 Å². The fourth-order valence-electron chi connectivity index (χ4n) is 2.14. The second kappa shape index (κ2) is 7.21. The molecule has 6 heteroatoms. The molecule has 2 aromatic rings. The van der Waals surface area contributed by atoms with Crippen LogP contribution in [0.4, 0.5) is 0 Å². The van der Waals surface area contributed by atoms with Crippen molar-refractivity contribution >= 4 is 50.7 Å². The predicted molar refractivity (Wildman–Crippen MR) is 93.1 cm³/mol. The third-order valence-electron chi connectivity index (χ3n) is 3.16. The van der Waals surface area contributed by atoms with E-state index in [1.165, 1.54) is 0 Å². The second-order valence-corrected chi connectivity index (χ2v) is 6.42. The number of hydrogen-bond acceptors (Lipinski definition) is 2. The molecule has 0 radical (unpaired) electrons. The minimum absolute atomic E-state index is 0.175. The third-order valence-corrected chi connectivity index (χ3v) is 5.10. The lowest BCUT2D eigenvalue weighted by Crippen LogP contribution is -2.18. The van der Waals surface area contributed by atoms with Crippen molar-refractivity contribution < 1.29 is 4.74 Å². The minimum atomic E-state index is -0.175. The molecule has 0 aliphatic carbocycles. The maximum Gasteiger partial charge on any atom is 0.138 e. The topological polar surface area (TPSA) is 21.3 Å². The highest BCUT2D eigenvalue weighted by Gasteiger charge is 2.20. The Labute approximate surface area is 147 Å². The molecular formula is C15H13BrCl3NO. The number of nitrogens with one attached hydrogen (secondary N) is 1. The Kier molecular flexibility index (Phi) is 5.81. The van der Waals surface area contributed by atoms with Gasteiger partial charge >= 0.3 is 0 Å². The van der Waals surface area contributed by atoms with Crippen LogP contribution in [0.3, 0.4) is 0 Å². The highest BCUT2D eigenvalue weighted by Crippen LogP contribution is 2.39. The zero-order valence-electron chi connectivity index (χ0n) is 11.4. The highest BCUT2D eigenvalue weighted by molar-refractivity contribution is 9.10. The van der Waals surface area contributed by atoms with E-state index in [4.69, 9.17) is 39.5 Å². The van der Waals surface area contributed by atoms with Gasteiger partial charge in [0.25, 0.3) is 0 Å². The average molecular weight is 410 g/mol. The summed E-state index contributed by atoms with van der Waals surface area (Å²) in [5.74, 6) is 0.542. The summed E-state index contributed by atoms with van der Waals surface area (Å²) < 4.78 is 6.00. The quantitative estimate of drug-likeness (QED) is 0.697. The molecule has 0 saturated carbocycles. The number of rotatable bonds is 4. The molecule has 0 heterocycles. The average Bonchev–Trinajstić information content (AvgIpc) is 2.47. The normalized spacial score (nSPS) is 12.3. The predicted octanol–water partition coefficient (Wildman–Crippen LogP) is 5.73. The molecule has 1 atom stereocenters. The lowest BCUT2D eigenvalue weighted by atomic mass is 9.98. The molecule has 1 N–H and O–H groups in total. The van der Waals surface area contributed by atoms with Crippen LogP contribution >= 0.6 is 50.7 Å². The summed E-state index contributed by atoms with van der Waals surface area (Å²) >= 11 is 22.4. The molecule has 2 rings (SSSR count). The van der Waals surface area contributed by atoms with E-state index < -0.39 is 0 Å². The van der Waals surface area contributed by atoms with E-state index in [1.54, 1.807) is 19.2 Å².